The van der Waals surface area contributed by atoms with E-state index in [2.05, 4.69) is 0 Å². The Kier molecular flexibility index (Phi) is 8.41. The van der Waals surface area contributed by atoms with Gasteiger partial charge in [-0.25, -0.2) is 0 Å². The number of hydrogen-bond acceptors (Lipinski definition) is 4. The number of rotatable bonds is 8. The predicted molar refractivity (Wildman–Crippen MR) is 67.2 cm³/mol. The third kappa shape index (κ3) is 8.16. The number of ether oxygens (including phenoxy) is 1. The highest BCUT2D eigenvalue weighted by Crippen LogP contribution is 2.13. The van der Waals surface area contributed by atoms with E-state index in [9.17, 15) is 27.6 Å². The molecule has 0 aromatic carbocycles. The number of esters is 1. The highest BCUT2D eigenvalue weighted by atomic mass is 19.4. The first-order valence-corrected chi connectivity index (χ1v) is 6.50. The second-order valence-corrected chi connectivity index (χ2v) is 4.12. The van der Waals surface area contributed by atoms with Crippen LogP contribution in [0.1, 0.15) is 26.7 Å². The maximum atomic E-state index is 12.0. The van der Waals surface area contributed by atoms with E-state index in [-0.39, 0.29) is 26.1 Å². The molecule has 2 amide bonds. The number of carbonyl (C=O) groups is 3. The first kappa shape index (κ1) is 19.2. The molecule has 0 aromatic rings. The molecule has 0 unspecified atom stereocenters. The Balaban J connectivity index is 4.35. The molecule has 122 valence electrons. The van der Waals surface area contributed by atoms with E-state index in [0.717, 1.165) is 0 Å². The SMILES string of the molecule is CCCN(CCC(=O)OCC)C(=O)CNC(=O)C(F)(F)F. The van der Waals surface area contributed by atoms with Crippen LogP contribution in [-0.2, 0) is 19.1 Å². The van der Waals surface area contributed by atoms with Crippen LogP contribution < -0.4 is 5.32 Å². The van der Waals surface area contributed by atoms with Crippen molar-refractivity contribution in [3.8, 4) is 0 Å². The fourth-order valence-corrected chi connectivity index (χ4v) is 1.46. The van der Waals surface area contributed by atoms with Crippen LogP contribution in [0.15, 0.2) is 0 Å². The summed E-state index contributed by atoms with van der Waals surface area (Å²) < 4.78 is 40.7. The molecular formula is C12H19F3N2O4. The number of nitrogens with one attached hydrogen (secondary N) is 1. The second-order valence-electron chi connectivity index (χ2n) is 4.12. The zero-order valence-corrected chi connectivity index (χ0v) is 12.0. The number of carbonyl (C=O) groups excluding carboxylic acids is 3. The maximum absolute atomic E-state index is 12.0. The quantitative estimate of drug-likeness (QED) is 0.674. The molecule has 0 aliphatic rings. The molecule has 21 heavy (non-hydrogen) atoms. The molecule has 0 aliphatic heterocycles. The number of amides is 2. The Morgan fingerprint density at radius 1 is 1.14 bits per heavy atom. The molecule has 0 heterocycles. The summed E-state index contributed by atoms with van der Waals surface area (Å²) in [5.41, 5.74) is 0. The van der Waals surface area contributed by atoms with Crippen molar-refractivity contribution in [2.45, 2.75) is 32.9 Å². The minimum absolute atomic E-state index is 0.0351. The van der Waals surface area contributed by atoms with Gasteiger partial charge >= 0.3 is 18.1 Å². The van der Waals surface area contributed by atoms with Crippen molar-refractivity contribution in [1.29, 1.82) is 0 Å². The van der Waals surface area contributed by atoms with Gasteiger partial charge in [0.2, 0.25) is 5.91 Å². The average molecular weight is 312 g/mol. The molecule has 0 spiro atoms. The largest absolute Gasteiger partial charge is 0.471 e. The lowest BCUT2D eigenvalue weighted by Gasteiger charge is -2.22. The van der Waals surface area contributed by atoms with Crippen molar-refractivity contribution in [3.05, 3.63) is 0 Å². The molecule has 6 nitrogen and oxygen atoms in total. The van der Waals surface area contributed by atoms with E-state index < -0.39 is 30.5 Å². The summed E-state index contributed by atoms with van der Waals surface area (Å²) >= 11 is 0. The smallest absolute Gasteiger partial charge is 0.466 e. The molecule has 0 atom stereocenters. The highest BCUT2D eigenvalue weighted by molar-refractivity contribution is 5.87. The average Bonchev–Trinajstić information content (AvgIpc) is 2.39. The number of halogens is 3. The molecule has 0 rings (SSSR count). The summed E-state index contributed by atoms with van der Waals surface area (Å²) in [5, 5.41) is 1.50. The van der Waals surface area contributed by atoms with Gasteiger partial charge in [0.25, 0.3) is 0 Å². The summed E-state index contributed by atoms with van der Waals surface area (Å²) in [6, 6.07) is 0. The topological polar surface area (TPSA) is 75.7 Å². The van der Waals surface area contributed by atoms with Crippen molar-refractivity contribution in [2.24, 2.45) is 0 Å². The van der Waals surface area contributed by atoms with E-state index >= 15 is 0 Å². The molecule has 0 aliphatic carbocycles. The van der Waals surface area contributed by atoms with E-state index in [4.69, 9.17) is 4.74 Å². The van der Waals surface area contributed by atoms with E-state index in [1.165, 1.54) is 10.2 Å². The standard InChI is InChI=1S/C12H19F3N2O4/c1-3-6-17(7-5-10(19)21-4-2)9(18)8-16-11(20)12(13,14)15/h3-8H2,1-2H3,(H,16,20). The van der Waals surface area contributed by atoms with Crippen molar-refractivity contribution < 1.29 is 32.3 Å². The third-order valence-electron chi connectivity index (χ3n) is 2.40. The van der Waals surface area contributed by atoms with Crippen LogP contribution in [0, 0.1) is 0 Å². The van der Waals surface area contributed by atoms with Crippen LogP contribution in [0.2, 0.25) is 0 Å². The van der Waals surface area contributed by atoms with Gasteiger partial charge in [-0.3, -0.25) is 14.4 Å². The summed E-state index contributed by atoms with van der Waals surface area (Å²) in [7, 11) is 0. The van der Waals surface area contributed by atoms with Gasteiger partial charge in [-0.15, -0.1) is 0 Å². The fourth-order valence-electron chi connectivity index (χ4n) is 1.46. The first-order chi connectivity index (χ1) is 9.72. The predicted octanol–water partition coefficient (Wildman–Crippen LogP) is 0.857. The Bertz CT molecular complexity index is 372. The van der Waals surface area contributed by atoms with Gasteiger partial charge < -0.3 is 15.0 Å². The Morgan fingerprint density at radius 3 is 2.24 bits per heavy atom. The number of hydrogen-bond donors (Lipinski definition) is 1. The minimum Gasteiger partial charge on any atom is -0.466 e. The molecule has 0 radical (unpaired) electrons. The molecule has 0 bridgehead atoms. The zero-order valence-electron chi connectivity index (χ0n) is 12.0. The molecule has 0 saturated heterocycles. The van der Waals surface area contributed by atoms with Gasteiger partial charge in [0.1, 0.15) is 0 Å². The third-order valence-corrected chi connectivity index (χ3v) is 2.40. The highest BCUT2D eigenvalue weighted by Gasteiger charge is 2.38. The molecular weight excluding hydrogens is 293 g/mol. The summed E-state index contributed by atoms with van der Waals surface area (Å²) in [4.78, 5) is 34.8. The Labute approximate surface area is 120 Å². The first-order valence-electron chi connectivity index (χ1n) is 6.50. The van der Waals surface area contributed by atoms with Crippen molar-refractivity contribution >= 4 is 17.8 Å². The van der Waals surface area contributed by atoms with Gasteiger partial charge in [0, 0.05) is 13.1 Å². The molecule has 0 fully saturated rings. The van der Waals surface area contributed by atoms with Crippen molar-refractivity contribution in [1.82, 2.24) is 10.2 Å². The van der Waals surface area contributed by atoms with E-state index in [0.29, 0.717) is 6.42 Å². The van der Waals surface area contributed by atoms with Gasteiger partial charge in [0.15, 0.2) is 0 Å². The summed E-state index contributed by atoms with van der Waals surface area (Å²) in [5.74, 6) is -3.35. The fraction of sp³-hybridized carbons (Fsp3) is 0.750. The number of nitrogens with zero attached hydrogens (tertiary/aromatic N) is 1. The number of alkyl halides is 3. The Hall–Kier alpha value is -1.80. The molecule has 0 aromatic heterocycles. The Morgan fingerprint density at radius 2 is 1.76 bits per heavy atom. The molecule has 0 saturated carbocycles. The van der Waals surface area contributed by atoms with Crippen LogP contribution in [0.25, 0.3) is 0 Å². The van der Waals surface area contributed by atoms with Crippen LogP contribution in [0.5, 0.6) is 0 Å². The van der Waals surface area contributed by atoms with Crippen molar-refractivity contribution in [3.63, 3.8) is 0 Å². The van der Waals surface area contributed by atoms with Gasteiger partial charge in [0.05, 0.1) is 19.6 Å². The normalized spacial score (nSPS) is 10.9. The lowest BCUT2D eigenvalue weighted by Crippen LogP contribution is -2.45. The monoisotopic (exact) mass is 312 g/mol. The lowest BCUT2D eigenvalue weighted by atomic mass is 10.3. The zero-order chi connectivity index (χ0) is 16.5. The van der Waals surface area contributed by atoms with Crippen molar-refractivity contribution in [2.75, 3.05) is 26.2 Å². The van der Waals surface area contributed by atoms with E-state index in [1.54, 1.807) is 13.8 Å². The van der Waals surface area contributed by atoms with Crippen LogP contribution in [0.4, 0.5) is 13.2 Å². The minimum atomic E-state index is -5.03. The molecule has 9 heteroatoms. The van der Waals surface area contributed by atoms with Gasteiger partial charge in [-0.2, -0.15) is 13.2 Å². The molecule has 1 N–H and O–H groups in total. The summed E-state index contributed by atoms with van der Waals surface area (Å²) in [6.07, 6.45) is -4.50. The van der Waals surface area contributed by atoms with Crippen LogP contribution >= 0.6 is 0 Å². The second kappa shape index (κ2) is 9.19. The van der Waals surface area contributed by atoms with Crippen LogP contribution in [0.3, 0.4) is 0 Å². The van der Waals surface area contributed by atoms with Crippen LogP contribution in [-0.4, -0.2) is 55.1 Å². The summed E-state index contributed by atoms with van der Waals surface area (Å²) in [6.45, 7) is 3.18. The maximum Gasteiger partial charge on any atom is 0.471 e. The van der Waals surface area contributed by atoms with Gasteiger partial charge in [-0.1, -0.05) is 6.92 Å². The van der Waals surface area contributed by atoms with E-state index in [1.807, 2.05) is 0 Å². The lowest BCUT2D eigenvalue weighted by molar-refractivity contribution is -0.174. The van der Waals surface area contributed by atoms with Gasteiger partial charge in [-0.05, 0) is 13.3 Å².